The van der Waals surface area contributed by atoms with Crippen LogP contribution in [0.5, 0.6) is 5.75 Å². The highest BCUT2D eigenvalue weighted by Gasteiger charge is 2.46. The summed E-state index contributed by atoms with van der Waals surface area (Å²) in [6.45, 7) is 2.74. The van der Waals surface area contributed by atoms with Gasteiger partial charge in [0.1, 0.15) is 17.4 Å². The average molecular weight is 263 g/mol. The van der Waals surface area contributed by atoms with Crippen LogP contribution in [-0.2, 0) is 9.53 Å². The first kappa shape index (κ1) is 13.9. The predicted molar refractivity (Wildman–Crippen MR) is 73.1 cm³/mol. The van der Waals surface area contributed by atoms with Crippen LogP contribution in [0.2, 0.25) is 0 Å². The van der Waals surface area contributed by atoms with Gasteiger partial charge in [0, 0.05) is 6.42 Å². The Balaban J connectivity index is 2.02. The fourth-order valence-corrected chi connectivity index (χ4v) is 2.74. The van der Waals surface area contributed by atoms with E-state index in [2.05, 4.69) is 5.32 Å². The maximum absolute atomic E-state index is 12.0. The molecule has 0 aliphatic heterocycles. The van der Waals surface area contributed by atoms with Gasteiger partial charge in [0.05, 0.1) is 7.11 Å². The normalized spacial score (nSPS) is 26.1. The smallest absolute Gasteiger partial charge is 0.326 e. The summed E-state index contributed by atoms with van der Waals surface area (Å²) in [5, 5.41) is 3.27. The summed E-state index contributed by atoms with van der Waals surface area (Å²) in [6.07, 6.45) is 2.32. The molecule has 1 saturated carbocycles. The summed E-state index contributed by atoms with van der Waals surface area (Å²) in [5.41, 5.74) is -0.580. The number of nitrogens with one attached hydrogen (secondary N) is 1. The summed E-state index contributed by atoms with van der Waals surface area (Å²) in [5.74, 6) is 0.665. The number of likely N-dealkylation sites (N-methyl/N-ethyl adjacent to an activating group) is 1. The molecule has 1 N–H and O–H groups in total. The van der Waals surface area contributed by atoms with Crippen LogP contribution < -0.4 is 10.1 Å². The van der Waals surface area contributed by atoms with E-state index in [1.807, 2.05) is 37.3 Å². The third-order valence-electron chi connectivity index (χ3n) is 3.61. The van der Waals surface area contributed by atoms with Gasteiger partial charge in [-0.05, 0) is 31.5 Å². The molecule has 1 aromatic rings. The molecule has 1 aromatic carbocycles. The number of hydrogen-bond donors (Lipinski definition) is 1. The molecule has 2 rings (SSSR count). The minimum absolute atomic E-state index is 0.0561. The minimum atomic E-state index is -0.580. The van der Waals surface area contributed by atoms with Gasteiger partial charge in [-0.25, -0.2) is 0 Å². The van der Waals surface area contributed by atoms with Crippen LogP contribution in [0.1, 0.15) is 26.2 Å². The third-order valence-corrected chi connectivity index (χ3v) is 3.61. The zero-order chi connectivity index (χ0) is 13.7. The minimum Gasteiger partial charge on any atom is -0.490 e. The molecule has 0 radical (unpaired) electrons. The van der Waals surface area contributed by atoms with Crippen molar-refractivity contribution in [1.29, 1.82) is 0 Å². The van der Waals surface area contributed by atoms with E-state index in [0.717, 1.165) is 25.1 Å². The van der Waals surface area contributed by atoms with Gasteiger partial charge in [0.25, 0.3) is 0 Å². The van der Waals surface area contributed by atoms with Crippen LogP contribution in [0.15, 0.2) is 30.3 Å². The second-order valence-corrected chi connectivity index (χ2v) is 4.90. The highest BCUT2D eigenvalue weighted by atomic mass is 16.5. The maximum Gasteiger partial charge on any atom is 0.326 e. The van der Waals surface area contributed by atoms with Gasteiger partial charge in [-0.2, -0.15) is 0 Å². The van der Waals surface area contributed by atoms with Crippen molar-refractivity contribution < 1.29 is 14.3 Å². The molecule has 0 bridgehead atoms. The van der Waals surface area contributed by atoms with Crippen LogP contribution in [0.4, 0.5) is 0 Å². The molecule has 0 saturated heterocycles. The standard InChI is InChI=1S/C15H21NO3/c1-3-16-15(14(17)18-2)10-9-13(11-15)19-12-7-5-4-6-8-12/h4-8,13,16H,3,9-11H2,1-2H3. The molecule has 1 fully saturated rings. The molecule has 1 aliphatic rings. The van der Waals surface area contributed by atoms with Gasteiger partial charge in [-0.15, -0.1) is 0 Å². The lowest BCUT2D eigenvalue weighted by atomic mass is 9.97. The number of carbonyl (C=O) groups is 1. The van der Waals surface area contributed by atoms with E-state index in [1.54, 1.807) is 0 Å². The van der Waals surface area contributed by atoms with Crippen molar-refractivity contribution in [1.82, 2.24) is 5.32 Å². The molecule has 104 valence electrons. The summed E-state index contributed by atoms with van der Waals surface area (Å²) in [6, 6.07) is 9.72. The summed E-state index contributed by atoms with van der Waals surface area (Å²) in [4.78, 5) is 12.0. The second kappa shape index (κ2) is 6.06. The zero-order valence-corrected chi connectivity index (χ0v) is 11.5. The molecule has 0 amide bonds. The van der Waals surface area contributed by atoms with Crippen LogP contribution in [0, 0.1) is 0 Å². The first-order valence-corrected chi connectivity index (χ1v) is 6.75. The molecular formula is C15H21NO3. The maximum atomic E-state index is 12.0. The monoisotopic (exact) mass is 263 g/mol. The topological polar surface area (TPSA) is 47.6 Å². The van der Waals surface area contributed by atoms with Crippen LogP contribution in [0.25, 0.3) is 0 Å². The molecule has 0 spiro atoms. The molecule has 2 unspecified atom stereocenters. The fourth-order valence-electron chi connectivity index (χ4n) is 2.74. The number of rotatable bonds is 5. The molecule has 1 aliphatic carbocycles. The Morgan fingerprint density at radius 1 is 1.42 bits per heavy atom. The van der Waals surface area contributed by atoms with Gasteiger partial charge in [0.15, 0.2) is 0 Å². The highest BCUT2D eigenvalue weighted by molar-refractivity contribution is 5.81. The van der Waals surface area contributed by atoms with Crippen LogP contribution >= 0.6 is 0 Å². The van der Waals surface area contributed by atoms with Crippen molar-refractivity contribution >= 4 is 5.97 Å². The lowest BCUT2D eigenvalue weighted by Gasteiger charge is -2.27. The highest BCUT2D eigenvalue weighted by Crippen LogP contribution is 2.33. The van der Waals surface area contributed by atoms with E-state index in [1.165, 1.54) is 7.11 Å². The molecule has 0 heterocycles. The summed E-state index contributed by atoms with van der Waals surface area (Å²) in [7, 11) is 1.44. The van der Waals surface area contributed by atoms with E-state index in [4.69, 9.17) is 9.47 Å². The van der Waals surface area contributed by atoms with Crippen molar-refractivity contribution in [3.8, 4) is 5.75 Å². The van der Waals surface area contributed by atoms with Gasteiger partial charge in [-0.1, -0.05) is 25.1 Å². The molecule has 19 heavy (non-hydrogen) atoms. The van der Waals surface area contributed by atoms with Gasteiger partial charge >= 0.3 is 5.97 Å². The Morgan fingerprint density at radius 3 is 2.79 bits per heavy atom. The van der Waals surface area contributed by atoms with E-state index >= 15 is 0 Å². The zero-order valence-electron chi connectivity index (χ0n) is 11.5. The first-order valence-electron chi connectivity index (χ1n) is 6.75. The summed E-state index contributed by atoms with van der Waals surface area (Å²) < 4.78 is 10.9. The van der Waals surface area contributed by atoms with E-state index < -0.39 is 5.54 Å². The fraction of sp³-hybridized carbons (Fsp3) is 0.533. The summed E-state index contributed by atoms with van der Waals surface area (Å²) >= 11 is 0. The van der Waals surface area contributed by atoms with Crippen molar-refractivity contribution in [3.05, 3.63) is 30.3 Å². The number of para-hydroxylation sites is 1. The van der Waals surface area contributed by atoms with E-state index in [-0.39, 0.29) is 12.1 Å². The van der Waals surface area contributed by atoms with Crippen molar-refractivity contribution in [2.75, 3.05) is 13.7 Å². The number of benzene rings is 1. The Hall–Kier alpha value is -1.55. The number of hydrogen-bond acceptors (Lipinski definition) is 4. The van der Waals surface area contributed by atoms with Gasteiger partial charge in [-0.3, -0.25) is 4.79 Å². The molecule has 4 heteroatoms. The lowest BCUT2D eigenvalue weighted by Crippen LogP contribution is -2.51. The Morgan fingerprint density at radius 2 is 2.16 bits per heavy atom. The third kappa shape index (κ3) is 3.07. The Labute approximate surface area is 114 Å². The quantitative estimate of drug-likeness (QED) is 0.827. The van der Waals surface area contributed by atoms with Crippen LogP contribution in [0.3, 0.4) is 0 Å². The van der Waals surface area contributed by atoms with Crippen molar-refractivity contribution in [2.45, 2.75) is 37.8 Å². The van der Waals surface area contributed by atoms with Gasteiger partial charge < -0.3 is 14.8 Å². The number of esters is 1. The van der Waals surface area contributed by atoms with E-state index in [0.29, 0.717) is 6.42 Å². The van der Waals surface area contributed by atoms with Crippen LogP contribution in [-0.4, -0.2) is 31.3 Å². The molecule has 4 nitrogen and oxygen atoms in total. The SMILES string of the molecule is CCNC1(C(=O)OC)CCC(Oc2ccccc2)C1. The second-order valence-electron chi connectivity index (χ2n) is 4.90. The Bertz CT molecular complexity index is 421. The average Bonchev–Trinajstić information content (AvgIpc) is 2.84. The molecular weight excluding hydrogens is 242 g/mol. The first-order chi connectivity index (χ1) is 9.20. The van der Waals surface area contributed by atoms with Crippen molar-refractivity contribution in [3.63, 3.8) is 0 Å². The number of ether oxygens (including phenoxy) is 2. The largest absolute Gasteiger partial charge is 0.490 e. The molecule has 0 aromatic heterocycles. The Kier molecular flexibility index (Phi) is 4.43. The molecule has 2 atom stereocenters. The lowest BCUT2D eigenvalue weighted by molar-refractivity contribution is -0.148. The van der Waals surface area contributed by atoms with Crippen molar-refractivity contribution in [2.24, 2.45) is 0 Å². The number of carbonyl (C=O) groups excluding carboxylic acids is 1. The predicted octanol–water partition coefficient (Wildman–Crippen LogP) is 2.14. The number of methoxy groups -OCH3 is 1. The van der Waals surface area contributed by atoms with E-state index in [9.17, 15) is 4.79 Å². The van der Waals surface area contributed by atoms with Gasteiger partial charge in [0.2, 0.25) is 0 Å².